The third kappa shape index (κ3) is 3.59. The lowest BCUT2D eigenvalue weighted by molar-refractivity contribution is 0.360. The molecule has 1 atom stereocenters. The van der Waals surface area contributed by atoms with E-state index >= 15 is 0 Å². The Morgan fingerprint density at radius 2 is 1.89 bits per heavy atom. The van der Waals surface area contributed by atoms with Crippen LogP contribution in [0.2, 0.25) is 0 Å². The van der Waals surface area contributed by atoms with Crippen molar-refractivity contribution in [3.63, 3.8) is 0 Å². The molecule has 0 saturated heterocycles. The van der Waals surface area contributed by atoms with E-state index in [9.17, 15) is 0 Å². The van der Waals surface area contributed by atoms with E-state index in [-0.39, 0.29) is 12.8 Å². The molecule has 0 aromatic carbocycles. The summed E-state index contributed by atoms with van der Waals surface area (Å²) < 4.78 is 0. The first-order valence-corrected chi connectivity index (χ1v) is 6.84. The molecule has 0 radical (unpaired) electrons. The summed E-state index contributed by atoms with van der Waals surface area (Å²) in [4.78, 5) is 0. The molecule has 0 N–H and O–H groups in total. The van der Waals surface area contributed by atoms with Crippen molar-refractivity contribution in [3.8, 4) is 0 Å². The lowest BCUT2D eigenvalue weighted by Gasteiger charge is -2.27. The third-order valence-electron chi connectivity index (χ3n) is 4.13. The highest BCUT2D eigenvalue weighted by molar-refractivity contribution is 5.52. The van der Waals surface area contributed by atoms with Gasteiger partial charge in [-0.2, -0.15) is 0 Å². The van der Waals surface area contributed by atoms with Crippen LogP contribution in [0.4, 0.5) is 0 Å². The predicted molar refractivity (Wildman–Crippen MR) is 89.2 cm³/mol. The van der Waals surface area contributed by atoms with Crippen molar-refractivity contribution in [2.75, 3.05) is 0 Å². The zero-order valence-corrected chi connectivity index (χ0v) is 12.5. The molecule has 0 heterocycles. The quantitative estimate of drug-likeness (QED) is 0.523. The van der Waals surface area contributed by atoms with Crippen molar-refractivity contribution in [3.05, 3.63) is 59.8 Å². The number of hydrogen-bond donors (Lipinski definition) is 0. The minimum atomic E-state index is 0. The summed E-state index contributed by atoms with van der Waals surface area (Å²) in [6.07, 6.45) is 13.9. The van der Waals surface area contributed by atoms with E-state index in [2.05, 4.69) is 65.5 Å². The average molecular weight is 258 g/mol. The second-order valence-electron chi connectivity index (χ2n) is 5.54. The van der Waals surface area contributed by atoms with Gasteiger partial charge in [-0.25, -0.2) is 0 Å². The third-order valence-corrected chi connectivity index (χ3v) is 4.13. The first-order valence-electron chi connectivity index (χ1n) is 6.84. The Bertz CT molecular complexity index is 425. The van der Waals surface area contributed by atoms with Crippen molar-refractivity contribution < 1.29 is 0 Å². The van der Waals surface area contributed by atoms with Crippen LogP contribution in [-0.2, 0) is 0 Å². The van der Waals surface area contributed by atoms with Crippen LogP contribution in [0.3, 0.4) is 0 Å². The molecule has 106 valence electrons. The van der Waals surface area contributed by atoms with Crippen LogP contribution in [0.25, 0.3) is 0 Å². The zero-order chi connectivity index (χ0) is 13.8. The molecule has 1 rings (SSSR count). The summed E-state index contributed by atoms with van der Waals surface area (Å²) in [5, 5.41) is 0. The molecule has 1 aliphatic rings. The highest BCUT2D eigenvalue weighted by Crippen LogP contribution is 2.50. The SMILES string of the molecule is C.C=C/C=C\C1=C(C)C(=C/C=C\CC)/C(C)C1(C)C. The van der Waals surface area contributed by atoms with Crippen molar-refractivity contribution in [2.24, 2.45) is 11.3 Å². The maximum atomic E-state index is 3.76. The fourth-order valence-corrected chi connectivity index (χ4v) is 2.67. The summed E-state index contributed by atoms with van der Waals surface area (Å²) in [6, 6.07) is 0. The van der Waals surface area contributed by atoms with Gasteiger partial charge in [-0.15, -0.1) is 0 Å². The van der Waals surface area contributed by atoms with E-state index in [1.807, 2.05) is 12.2 Å². The van der Waals surface area contributed by atoms with Gasteiger partial charge < -0.3 is 0 Å². The molecular formula is C19H30. The van der Waals surface area contributed by atoms with Crippen molar-refractivity contribution >= 4 is 0 Å². The summed E-state index contributed by atoms with van der Waals surface area (Å²) in [6.45, 7) is 15.1. The summed E-state index contributed by atoms with van der Waals surface area (Å²) >= 11 is 0. The largest absolute Gasteiger partial charge is 0.0991 e. The number of hydrogen-bond acceptors (Lipinski definition) is 0. The Kier molecular flexibility index (Phi) is 6.83. The fraction of sp³-hybridized carbons (Fsp3) is 0.474. The Balaban J connectivity index is 0.00000324. The normalized spacial score (nSPS) is 24.5. The Morgan fingerprint density at radius 1 is 1.26 bits per heavy atom. The molecule has 0 heteroatoms. The minimum Gasteiger partial charge on any atom is -0.0991 e. The first-order chi connectivity index (χ1) is 8.46. The molecule has 19 heavy (non-hydrogen) atoms. The first kappa shape index (κ1) is 17.7. The lowest BCUT2D eigenvalue weighted by atomic mass is 9.77. The fourth-order valence-electron chi connectivity index (χ4n) is 2.67. The average Bonchev–Trinajstić information content (AvgIpc) is 2.48. The topological polar surface area (TPSA) is 0 Å². The summed E-state index contributed by atoms with van der Waals surface area (Å²) in [5.74, 6) is 0.559. The van der Waals surface area contributed by atoms with Crippen LogP contribution in [0, 0.1) is 11.3 Å². The van der Waals surface area contributed by atoms with Crippen molar-refractivity contribution in [2.45, 2.75) is 48.5 Å². The van der Waals surface area contributed by atoms with Crippen molar-refractivity contribution in [1.82, 2.24) is 0 Å². The summed E-state index contributed by atoms with van der Waals surface area (Å²) in [7, 11) is 0. The van der Waals surface area contributed by atoms with E-state index in [1.54, 1.807) is 0 Å². The molecule has 1 aliphatic carbocycles. The van der Waals surface area contributed by atoms with Crippen molar-refractivity contribution in [1.29, 1.82) is 0 Å². The molecular weight excluding hydrogens is 228 g/mol. The standard InChI is InChI=1S/C18H26.CH4/c1-7-9-11-12-16-14(3)17(13-10-8-2)18(5,6)15(16)4;/h8-13,15H,2,7H2,1,3-6H3;1H4/b11-9-,13-10-,16-12-;. The van der Waals surface area contributed by atoms with Crippen LogP contribution in [0.5, 0.6) is 0 Å². The van der Waals surface area contributed by atoms with Crippen LogP contribution in [0.15, 0.2) is 59.8 Å². The molecule has 1 unspecified atom stereocenters. The van der Waals surface area contributed by atoms with Crippen LogP contribution >= 0.6 is 0 Å². The highest BCUT2D eigenvalue weighted by Gasteiger charge is 2.38. The molecule has 0 aromatic rings. The monoisotopic (exact) mass is 258 g/mol. The second-order valence-corrected chi connectivity index (χ2v) is 5.54. The van der Waals surface area contributed by atoms with Gasteiger partial charge in [0.25, 0.3) is 0 Å². The smallest absolute Gasteiger partial charge is 0.00348 e. The van der Waals surface area contributed by atoms with Gasteiger partial charge in [0.15, 0.2) is 0 Å². The molecule has 0 saturated carbocycles. The number of rotatable bonds is 4. The van der Waals surface area contributed by atoms with Gasteiger partial charge in [0.1, 0.15) is 0 Å². The van der Waals surface area contributed by atoms with Gasteiger partial charge in [0.05, 0.1) is 0 Å². The van der Waals surface area contributed by atoms with Gasteiger partial charge in [-0.3, -0.25) is 0 Å². The van der Waals surface area contributed by atoms with E-state index in [1.165, 1.54) is 16.7 Å². The molecule has 0 aliphatic heterocycles. The van der Waals surface area contributed by atoms with Gasteiger partial charge in [-0.1, -0.05) is 78.2 Å². The lowest BCUT2D eigenvalue weighted by Crippen LogP contribution is -2.18. The Hall–Kier alpha value is -1.30. The van der Waals surface area contributed by atoms with Gasteiger partial charge in [-0.05, 0) is 41.4 Å². The van der Waals surface area contributed by atoms with E-state index < -0.39 is 0 Å². The van der Waals surface area contributed by atoms with E-state index in [4.69, 9.17) is 0 Å². The van der Waals surface area contributed by atoms with Crippen LogP contribution < -0.4 is 0 Å². The summed E-state index contributed by atoms with van der Waals surface area (Å²) in [5.41, 5.74) is 4.53. The molecule has 0 fully saturated rings. The van der Waals surface area contributed by atoms with Crippen LogP contribution in [0.1, 0.15) is 48.5 Å². The molecule has 0 bridgehead atoms. The maximum Gasteiger partial charge on any atom is -0.00348 e. The second kappa shape index (κ2) is 7.33. The van der Waals surface area contributed by atoms with Crippen LogP contribution in [-0.4, -0.2) is 0 Å². The van der Waals surface area contributed by atoms with Gasteiger partial charge in [0, 0.05) is 0 Å². The van der Waals surface area contributed by atoms with E-state index in [0.29, 0.717) is 5.92 Å². The molecule has 0 aromatic heterocycles. The van der Waals surface area contributed by atoms with Gasteiger partial charge >= 0.3 is 0 Å². The number of allylic oxidation sites excluding steroid dienone is 9. The minimum absolute atomic E-state index is 0. The highest BCUT2D eigenvalue weighted by atomic mass is 14.4. The maximum absolute atomic E-state index is 3.76. The molecule has 0 spiro atoms. The van der Waals surface area contributed by atoms with Gasteiger partial charge in [0.2, 0.25) is 0 Å². The zero-order valence-electron chi connectivity index (χ0n) is 12.5. The Labute approximate surface area is 120 Å². The predicted octanol–water partition coefficient (Wildman–Crippen LogP) is 6.25. The molecule has 0 amide bonds. The molecule has 0 nitrogen and oxygen atoms in total. The Morgan fingerprint density at radius 3 is 2.42 bits per heavy atom. The van der Waals surface area contributed by atoms with E-state index in [0.717, 1.165) is 6.42 Å².